The first-order chi connectivity index (χ1) is 8.10. The Hall–Kier alpha value is -1.52. The maximum Gasteiger partial charge on any atom is 0.253 e. The van der Waals surface area contributed by atoms with Gasteiger partial charge >= 0.3 is 0 Å². The molecule has 0 unspecified atom stereocenters. The molecule has 1 aromatic carbocycles. The van der Waals surface area contributed by atoms with Crippen LogP contribution in [0.5, 0.6) is 5.75 Å². The first-order valence-electron chi connectivity index (χ1n) is 5.18. The zero-order valence-corrected chi connectivity index (χ0v) is 10.4. The highest BCUT2D eigenvalue weighted by Gasteiger charge is 2.13. The number of nitrogens with two attached hydrogens (primary N) is 1. The molecule has 0 aliphatic heterocycles. The summed E-state index contributed by atoms with van der Waals surface area (Å²) >= 11 is 6.07. The molecule has 3 N–H and O–H groups in total. The third-order valence-corrected chi connectivity index (χ3v) is 3.20. The number of aromatic amines is 1. The fourth-order valence-electron chi connectivity index (χ4n) is 1.98. The van der Waals surface area contributed by atoms with E-state index in [1.54, 1.807) is 19.2 Å². The monoisotopic (exact) mass is 252 g/mol. The van der Waals surface area contributed by atoms with Gasteiger partial charge in [0.05, 0.1) is 17.6 Å². The second-order valence-corrected chi connectivity index (χ2v) is 4.17. The Morgan fingerprint density at radius 2 is 2.18 bits per heavy atom. The largest absolute Gasteiger partial charge is 0.496 e. The zero-order chi connectivity index (χ0) is 12.6. The molecule has 0 amide bonds. The number of aromatic nitrogens is 1. The van der Waals surface area contributed by atoms with Gasteiger partial charge in [-0.3, -0.25) is 4.79 Å². The quantitative estimate of drug-likeness (QED) is 0.859. The van der Waals surface area contributed by atoms with Crippen molar-refractivity contribution in [2.45, 2.75) is 13.5 Å². The molecule has 0 spiro atoms. The summed E-state index contributed by atoms with van der Waals surface area (Å²) in [6.45, 7) is 2.03. The van der Waals surface area contributed by atoms with Gasteiger partial charge in [0.25, 0.3) is 5.56 Å². The molecule has 1 aromatic heterocycles. The van der Waals surface area contributed by atoms with Gasteiger partial charge in [-0.1, -0.05) is 11.6 Å². The van der Waals surface area contributed by atoms with E-state index in [1.165, 1.54) is 0 Å². The van der Waals surface area contributed by atoms with Crippen molar-refractivity contribution in [2.24, 2.45) is 5.73 Å². The molecule has 0 saturated carbocycles. The van der Waals surface area contributed by atoms with E-state index in [0.717, 1.165) is 10.9 Å². The molecule has 0 bridgehead atoms. The first-order valence-corrected chi connectivity index (χ1v) is 5.56. The van der Waals surface area contributed by atoms with Crippen molar-refractivity contribution in [3.05, 3.63) is 38.6 Å². The van der Waals surface area contributed by atoms with E-state index in [4.69, 9.17) is 22.1 Å². The highest BCUT2D eigenvalue weighted by Crippen LogP contribution is 2.32. The van der Waals surface area contributed by atoms with E-state index in [0.29, 0.717) is 21.9 Å². The second-order valence-electron chi connectivity index (χ2n) is 3.76. The number of H-pyrrole nitrogens is 1. The zero-order valence-electron chi connectivity index (χ0n) is 9.63. The lowest BCUT2D eigenvalue weighted by molar-refractivity contribution is 0.419. The molecule has 1 heterocycles. The molecule has 0 fully saturated rings. The Labute approximate surface area is 103 Å². The molecule has 0 aliphatic carbocycles. The average Bonchev–Trinajstić information content (AvgIpc) is 2.31. The van der Waals surface area contributed by atoms with Crippen LogP contribution in [-0.4, -0.2) is 12.1 Å². The Morgan fingerprint density at radius 3 is 2.76 bits per heavy atom. The molecule has 0 radical (unpaired) electrons. The maximum atomic E-state index is 11.8. The Kier molecular flexibility index (Phi) is 3.09. The van der Waals surface area contributed by atoms with Crippen LogP contribution in [0.1, 0.15) is 11.1 Å². The van der Waals surface area contributed by atoms with Crippen LogP contribution in [0.3, 0.4) is 0 Å². The highest BCUT2D eigenvalue weighted by atomic mass is 35.5. The van der Waals surface area contributed by atoms with Crippen LogP contribution in [0, 0.1) is 6.92 Å². The molecule has 17 heavy (non-hydrogen) atoms. The van der Waals surface area contributed by atoms with Gasteiger partial charge in [0.15, 0.2) is 0 Å². The third-order valence-electron chi connectivity index (χ3n) is 2.88. The minimum atomic E-state index is -0.201. The predicted octanol–water partition coefficient (Wildman–Crippen LogP) is 1.96. The van der Waals surface area contributed by atoms with Crippen molar-refractivity contribution in [1.29, 1.82) is 0 Å². The molecular formula is C12H13ClN2O2. The SMILES string of the molecule is COc1ccc(Cl)c2[nH]c(=O)c(CN)c(C)c12. The summed E-state index contributed by atoms with van der Waals surface area (Å²) in [6.07, 6.45) is 0. The number of hydrogen-bond donors (Lipinski definition) is 2. The number of aryl methyl sites for hydroxylation is 1. The van der Waals surface area contributed by atoms with Gasteiger partial charge in [-0.05, 0) is 24.6 Å². The Balaban J connectivity index is 3.01. The van der Waals surface area contributed by atoms with Gasteiger partial charge < -0.3 is 15.5 Å². The van der Waals surface area contributed by atoms with Crippen molar-refractivity contribution in [3.63, 3.8) is 0 Å². The lowest BCUT2D eigenvalue weighted by Gasteiger charge is -2.12. The number of fused-ring (bicyclic) bond motifs is 1. The number of pyridine rings is 1. The minimum Gasteiger partial charge on any atom is -0.496 e. The lowest BCUT2D eigenvalue weighted by atomic mass is 10.0. The van der Waals surface area contributed by atoms with Crippen LogP contribution in [0.15, 0.2) is 16.9 Å². The Morgan fingerprint density at radius 1 is 1.47 bits per heavy atom. The van der Waals surface area contributed by atoms with Gasteiger partial charge in [0, 0.05) is 17.5 Å². The van der Waals surface area contributed by atoms with Crippen LogP contribution in [0.25, 0.3) is 10.9 Å². The van der Waals surface area contributed by atoms with Crippen LogP contribution < -0.4 is 16.0 Å². The molecule has 90 valence electrons. The summed E-state index contributed by atoms with van der Waals surface area (Å²) in [6, 6.07) is 3.47. The van der Waals surface area contributed by atoms with E-state index in [9.17, 15) is 4.79 Å². The number of benzene rings is 1. The molecule has 2 rings (SSSR count). The van der Waals surface area contributed by atoms with Gasteiger partial charge in [0.1, 0.15) is 5.75 Å². The molecule has 0 atom stereocenters. The van der Waals surface area contributed by atoms with Gasteiger partial charge in [0.2, 0.25) is 0 Å². The third kappa shape index (κ3) is 1.79. The van der Waals surface area contributed by atoms with E-state index in [1.807, 2.05) is 6.92 Å². The summed E-state index contributed by atoms with van der Waals surface area (Å²) in [5.41, 5.74) is 7.33. The normalized spacial score (nSPS) is 10.8. The topological polar surface area (TPSA) is 68.1 Å². The molecule has 0 aliphatic rings. The van der Waals surface area contributed by atoms with E-state index < -0.39 is 0 Å². The smallest absolute Gasteiger partial charge is 0.253 e. The van der Waals surface area contributed by atoms with Crippen molar-refractivity contribution in [2.75, 3.05) is 7.11 Å². The second kappa shape index (κ2) is 4.39. The van der Waals surface area contributed by atoms with Crippen LogP contribution in [0.4, 0.5) is 0 Å². The molecule has 5 heteroatoms. The first kappa shape index (κ1) is 12.0. The highest BCUT2D eigenvalue weighted by molar-refractivity contribution is 6.35. The summed E-state index contributed by atoms with van der Waals surface area (Å²) < 4.78 is 5.28. The van der Waals surface area contributed by atoms with Crippen molar-refractivity contribution < 1.29 is 4.74 Å². The van der Waals surface area contributed by atoms with Crippen LogP contribution >= 0.6 is 11.6 Å². The van der Waals surface area contributed by atoms with Gasteiger partial charge in [-0.2, -0.15) is 0 Å². The summed E-state index contributed by atoms with van der Waals surface area (Å²) in [7, 11) is 1.58. The number of methoxy groups -OCH3 is 1. The van der Waals surface area contributed by atoms with Crippen LogP contribution in [0.2, 0.25) is 5.02 Å². The molecule has 2 aromatic rings. The lowest BCUT2D eigenvalue weighted by Crippen LogP contribution is -2.18. The van der Waals surface area contributed by atoms with E-state index in [2.05, 4.69) is 4.98 Å². The number of ether oxygens (including phenoxy) is 1. The minimum absolute atomic E-state index is 0.187. The van der Waals surface area contributed by atoms with Crippen molar-refractivity contribution in [3.8, 4) is 5.75 Å². The molecular weight excluding hydrogens is 240 g/mol. The average molecular weight is 253 g/mol. The molecule has 0 saturated heterocycles. The standard InChI is InChI=1S/C12H13ClN2O2/c1-6-7(5-14)12(16)15-11-8(13)3-4-9(17-2)10(6)11/h3-4H,5,14H2,1-2H3,(H,15,16). The van der Waals surface area contributed by atoms with Gasteiger partial charge in [-0.15, -0.1) is 0 Å². The van der Waals surface area contributed by atoms with E-state index >= 15 is 0 Å². The fraction of sp³-hybridized carbons (Fsp3) is 0.250. The fourth-order valence-corrected chi connectivity index (χ4v) is 2.18. The summed E-state index contributed by atoms with van der Waals surface area (Å²) in [5, 5.41) is 1.30. The van der Waals surface area contributed by atoms with Gasteiger partial charge in [-0.25, -0.2) is 0 Å². The summed E-state index contributed by atoms with van der Waals surface area (Å²) in [5.74, 6) is 0.674. The number of rotatable bonds is 2. The van der Waals surface area contributed by atoms with Crippen molar-refractivity contribution in [1.82, 2.24) is 4.98 Å². The number of nitrogens with one attached hydrogen (secondary N) is 1. The van der Waals surface area contributed by atoms with E-state index in [-0.39, 0.29) is 12.1 Å². The predicted molar refractivity (Wildman–Crippen MR) is 68.8 cm³/mol. The summed E-state index contributed by atoms with van der Waals surface area (Å²) in [4.78, 5) is 14.5. The number of hydrogen-bond acceptors (Lipinski definition) is 3. The number of halogens is 1. The maximum absolute atomic E-state index is 11.8. The Bertz CT molecular complexity index is 634. The van der Waals surface area contributed by atoms with Crippen molar-refractivity contribution >= 4 is 22.5 Å². The molecule has 4 nitrogen and oxygen atoms in total. The van der Waals surface area contributed by atoms with Crippen LogP contribution in [-0.2, 0) is 6.54 Å².